The summed E-state index contributed by atoms with van der Waals surface area (Å²) in [5.41, 5.74) is 1.79. The van der Waals surface area contributed by atoms with Gasteiger partial charge in [-0.05, 0) is 36.8 Å². The van der Waals surface area contributed by atoms with Crippen molar-refractivity contribution in [3.05, 3.63) is 76.6 Å². The van der Waals surface area contributed by atoms with Crippen LogP contribution >= 0.6 is 23.4 Å². The number of aromatic nitrogens is 3. The first-order chi connectivity index (χ1) is 12.5. The highest BCUT2D eigenvalue weighted by atomic mass is 35.5. The van der Waals surface area contributed by atoms with Crippen molar-refractivity contribution in [2.75, 3.05) is 0 Å². The summed E-state index contributed by atoms with van der Waals surface area (Å²) in [6.45, 7) is 1.90. The fourth-order valence-electron chi connectivity index (χ4n) is 2.49. The van der Waals surface area contributed by atoms with Crippen molar-refractivity contribution in [1.29, 1.82) is 0 Å². The molecule has 0 radical (unpaired) electrons. The molecule has 1 heterocycles. The Morgan fingerprint density at radius 2 is 1.85 bits per heavy atom. The second-order valence-electron chi connectivity index (χ2n) is 5.88. The first kappa shape index (κ1) is 18.5. The number of carbonyl (C=O) groups is 1. The molecule has 0 aliphatic rings. The van der Waals surface area contributed by atoms with Crippen molar-refractivity contribution in [3.63, 3.8) is 0 Å². The van der Waals surface area contributed by atoms with E-state index in [-0.39, 0.29) is 11.9 Å². The first-order valence-corrected chi connectivity index (χ1v) is 9.53. The average molecular weight is 387 g/mol. The van der Waals surface area contributed by atoms with Crippen LogP contribution in [0.4, 0.5) is 0 Å². The normalized spacial score (nSPS) is 12.0. The highest BCUT2D eigenvalue weighted by molar-refractivity contribution is 7.98. The molecule has 7 heteroatoms. The average Bonchev–Trinajstić information content (AvgIpc) is 3.02. The van der Waals surface area contributed by atoms with Crippen LogP contribution in [-0.4, -0.2) is 20.7 Å². The number of carbonyl (C=O) groups excluding carboxylic acids is 1. The van der Waals surface area contributed by atoms with Gasteiger partial charge in [-0.1, -0.05) is 53.7 Å². The molecule has 2 aromatic carbocycles. The van der Waals surface area contributed by atoms with E-state index in [1.54, 1.807) is 23.9 Å². The highest BCUT2D eigenvalue weighted by Gasteiger charge is 2.18. The molecule has 0 bridgehead atoms. The van der Waals surface area contributed by atoms with Gasteiger partial charge in [-0.15, -0.1) is 10.2 Å². The number of benzene rings is 2. The maximum absolute atomic E-state index is 12.3. The Balaban J connectivity index is 1.64. The number of thioether (sulfide) groups is 1. The van der Waals surface area contributed by atoms with Crippen molar-refractivity contribution in [1.82, 2.24) is 20.1 Å². The largest absolute Gasteiger partial charge is 0.342 e. The van der Waals surface area contributed by atoms with Crippen LogP contribution in [0.5, 0.6) is 0 Å². The molecule has 0 aliphatic carbocycles. The van der Waals surface area contributed by atoms with Crippen molar-refractivity contribution >= 4 is 29.3 Å². The van der Waals surface area contributed by atoms with Crippen LogP contribution in [-0.2, 0) is 12.8 Å². The molecular formula is C19H19ClN4OS. The summed E-state index contributed by atoms with van der Waals surface area (Å²) in [5, 5.41) is 13.0. The molecule has 3 rings (SSSR count). The Hall–Kier alpha value is -2.31. The van der Waals surface area contributed by atoms with Gasteiger partial charge >= 0.3 is 0 Å². The Bertz CT molecular complexity index is 880. The molecular weight excluding hydrogens is 368 g/mol. The van der Waals surface area contributed by atoms with Gasteiger partial charge in [-0.3, -0.25) is 4.79 Å². The van der Waals surface area contributed by atoms with E-state index in [1.807, 2.05) is 61.0 Å². The molecule has 0 saturated heterocycles. The van der Waals surface area contributed by atoms with E-state index < -0.39 is 0 Å². The summed E-state index contributed by atoms with van der Waals surface area (Å²) in [4.78, 5) is 12.3. The van der Waals surface area contributed by atoms with Crippen LogP contribution in [0.3, 0.4) is 0 Å². The van der Waals surface area contributed by atoms with E-state index in [0.29, 0.717) is 11.4 Å². The topological polar surface area (TPSA) is 59.8 Å². The van der Waals surface area contributed by atoms with Gasteiger partial charge in [0.25, 0.3) is 5.91 Å². The fraction of sp³-hybridized carbons (Fsp3) is 0.211. The molecule has 0 saturated carbocycles. The zero-order valence-electron chi connectivity index (χ0n) is 14.5. The number of nitrogens with one attached hydrogen (secondary N) is 1. The van der Waals surface area contributed by atoms with Gasteiger partial charge in [0.2, 0.25) is 0 Å². The van der Waals surface area contributed by atoms with E-state index in [9.17, 15) is 4.79 Å². The van der Waals surface area contributed by atoms with E-state index in [0.717, 1.165) is 21.5 Å². The Morgan fingerprint density at radius 3 is 2.54 bits per heavy atom. The predicted octanol–water partition coefficient (Wildman–Crippen LogP) is 4.25. The van der Waals surface area contributed by atoms with Gasteiger partial charge in [-0.2, -0.15) is 0 Å². The van der Waals surface area contributed by atoms with Gasteiger partial charge in [0, 0.05) is 23.4 Å². The molecule has 134 valence electrons. The number of hydrogen-bond donors (Lipinski definition) is 1. The monoisotopic (exact) mass is 386 g/mol. The lowest BCUT2D eigenvalue weighted by Gasteiger charge is -2.13. The third-order valence-electron chi connectivity index (χ3n) is 3.92. The molecule has 26 heavy (non-hydrogen) atoms. The molecule has 1 aromatic heterocycles. The minimum Gasteiger partial charge on any atom is -0.342 e. The molecule has 0 unspecified atom stereocenters. The number of halogens is 1. The third kappa shape index (κ3) is 4.45. The molecule has 0 spiro atoms. The van der Waals surface area contributed by atoms with Crippen LogP contribution in [0.1, 0.15) is 34.7 Å². The predicted molar refractivity (Wildman–Crippen MR) is 104 cm³/mol. The summed E-state index contributed by atoms with van der Waals surface area (Å²) < 4.78 is 1.91. The van der Waals surface area contributed by atoms with Gasteiger partial charge in [0.1, 0.15) is 0 Å². The van der Waals surface area contributed by atoms with E-state index in [2.05, 4.69) is 15.5 Å². The quantitative estimate of drug-likeness (QED) is 0.643. The van der Waals surface area contributed by atoms with Crippen LogP contribution < -0.4 is 5.32 Å². The van der Waals surface area contributed by atoms with Crippen LogP contribution in [0.25, 0.3) is 0 Å². The number of nitrogens with zero attached hydrogens (tertiary/aromatic N) is 3. The van der Waals surface area contributed by atoms with Crippen molar-refractivity contribution in [2.24, 2.45) is 7.05 Å². The molecule has 0 aliphatic heterocycles. The van der Waals surface area contributed by atoms with Crippen LogP contribution in [0.15, 0.2) is 59.8 Å². The summed E-state index contributed by atoms with van der Waals surface area (Å²) in [7, 11) is 1.91. The third-order valence-corrected chi connectivity index (χ3v) is 5.26. The summed E-state index contributed by atoms with van der Waals surface area (Å²) in [5.74, 6) is 1.36. The number of amides is 1. The maximum atomic E-state index is 12.3. The Morgan fingerprint density at radius 1 is 1.15 bits per heavy atom. The van der Waals surface area contributed by atoms with E-state index in [4.69, 9.17) is 11.6 Å². The smallest absolute Gasteiger partial charge is 0.251 e. The highest BCUT2D eigenvalue weighted by Crippen LogP contribution is 2.23. The molecule has 1 N–H and O–H groups in total. The van der Waals surface area contributed by atoms with E-state index >= 15 is 0 Å². The minimum atomic E-state index is -0.245. The lowest BCUT2D eigenvalue weighted by Crippen LogP contribution is -2.28. The van der Waals surface area contributed by atoms with Crippen LogP contribution in [0.2, 0.25) is 5.02 Å². The van der Waals surface area contributed by atoms with E-state index in [1.165, 1.54) is 0 Å². The van der Waals surface area contributed by atoms with Gasteiger partial charge in [-0.25, -0.2) is 0 Å². The maximum Gasteiger partial charge on any atom is 0.251 e. The van der Waals surface area contributed by atoms with Crippen LogP contribution in [0, 0.1) is 0 Å². The lowest BCUT2D eigenvalue weighted by molar-refractivity contribution is 0.0937. The SMILES string of the molecule is C[C@@H](NC(=O)c1ccccc1)c1nnc(SCc2ccc(Cl)cc2)n1C. The molecule has 0 fully saturated rings. The number of rotatable bonds is 6. The first-order valence-electron chi connectivity index (χ1n) is 8.17. The van der Waals surface area contributed by atoms with Crippen molar-refractivity contribution in [3.8, 4) is 0 Å². The lowest BCUT2D eigenvalue weighted by atomic mass is 10.2. The second-order valence-corrected chi connectivity index (χ2v) is 7.26. The Kier molecular flexibility index (Phi) is 5.96. The fourth-order valence-corrected chi connectivity index (χ4v) is 3.49. The van der Waals surface area contributed by atoms with Crippen molar-refractivity contribution < 1.29 is 4.79 Å². The molecule has 3 aromatic rings. The van der Waals surface area contributed by atoms with Crippen molar-refractivity contribution in [2.45, 2.75) is 23.9 Å². The molecule has 1 atom stereocenters. The van der Waals surface area contributed by atoms with Gasteiger partial charge in [0.05, 0.1) is 6.04 Å². The summed E-state index contributed by atoms with van der Waals surface area (Å²) in [6, 6.07) is 16.6. The zero-order chi connectivity index (χ0) is 18.5. The van der Waals surface area contributed by atoms with Gasteiger partial charge < -0.3 is 9.88 Å². The molecule has 1 amide bonds. The summed E-state index contributed by atoms with van der Waals surface area (Å²) >= 11 is 7.50. The summed E-state index contributed by atoms with van der Waals surface area (Å²) in [6.07, 6.45) is 0. The second kappa shape index (κ2) is 8.38. The number of hydrogen-bond acceptors (Lipinski definition) is 4. The minimum absolute atomic E-state index is 0.128. The Labute approximate surface area is 161 Å². The zero-order valence-corrected chi connectivity index (χ0v) is 16.1. The standard InChI is InChI=1S/C19H19ClN4OS/c1-13(21-18(25)15-6-4-3-5-7-15)17-22-23-19(24(17)2)26-12-14-8-10-16(20)11-9-14/h3-11,13H,12H2,1-2H3,(H,21,25)/t13-/m1/s1. The van der Waals surface area contributed by atoms with Gasteiger partial charge in [0.15, 0.2) is 11.0 Å². The molecule has 5 nitrogen and oxygen atoms in total.